The molecular formula is C22H21F2N3OS. The third-order valence-electron chi connectivity index (χ3n) is 5.07. The molecule has 2 aromatic rings. The van der Waals surface area contributed by atoms with Crippen LogP contribution < -0.4 is 5.32 Å². The molecule has 7 heteroatoms. The molecule has 1 saturated heterocycles. The Morgan fingerprint density at radius 3 is 2.83 bits per heavy atom. The lowest BCUT2D eigenvalue weighted by molar-refractivity contribution is 0.0292. The van der Waals surface area contributed by atoms with Gasteiger partial charge in [-0.3, -0.25) is 0 Å². The minimum atomic E-state index is -0.605. The maximum Gasteiger partial charge on any atom is 0.141 e. The zero-order valence-electron chi connectivity index (χ0n) is 16.0. The largest absolute Gasteiger partial charge is 0.375 e. The Balaban J connectivity index is 1.83. The van der Waals surface area contributed by atoms with E-state index < -0.39 is 5.82 Å². The van der Waals surface area contributed by atoms with Gasteiger partial charge in [0.1, 0.15) is 17.7 Å². The molecule has 0 unspecified atom stereocenters. The van der Waals surface area contributed by atoms with Crippen LogP contribution in [-0.4, -0.2) is 43.7 Å². The van der Waals surface area contributed by atoms with E-state index in [1.54, 1.807) is 24.1 Å². The number of rotatable bonds is 4. The van der Waals surface area contributed by atoms with Crippen LogP contribution in [-0.2, 0) is 11.2 Å². The van der Waals surface area contributed by atoms with E-state index in [9.17, 15) is 8.78 Å². The van der Waals surface area contributed by atoms with Crippen LogP contribution in [0.4, 0.5) is 8.78 Å². The monoisotopic (exact) mass is 413 g/mol. The SMILES string of the molecule is CN1CC=C(c2c(C[C@H]3CNCCO3)cc(F)cc2-c2ccc(C#N)c(F)c2)S1. The molecule has 29 heavy (non-hydrogen) atoms. The molecule has 2 aromatic carbocycles. The number of benzene rings is 2. The summed E-state index contributed by atoms with van der Waals surface area (Å²) in [5, 5.41) is 12.3. The van der Waals surface area contributed by atoms with Crippen LogP contribution in [0.5, 0.6) is 0 Å². The van der Waals surface area contributed by atoms with Gasteiger partial charge in [0.15, 0.2) is 0 Å². The Labute approximate surface area is 173 Å². The number of nitriles is 1. The van der Waals surface area contributed by atoms with Gasteiger partial charge < -0.3 is 10.1 Å². The number of hydrogen-bond acceptors (Lipinski definition) is 5. The van der Waals surface area contributed by atoms with Gasteiger partial charge in [-0.25, -0.2) is 13.1 Å². The number of halogens is 2. The van der Waals surface area contributed by atoms with E-state index in [4.69, 9.17) is 10.00 Å². The summed E-state index contributed by atoms with van der Waals surface area (Å²) in [5.41, 5.74) is 2.89. The van der Waals surface area contributed by atoms with Crippen LogP contribution in [0, 0.1) is 23.0 Å². The standard InChI is InChI=1S/C22H21F2N3OS/c1-27-6-4-21(29-27)22-16(9-18-13-26-5-7-28-18)8-17(23)11-19(22)14-2-3-15(12-25)20(24)10-14/h2-4,8,10-11,18,26H,5-7,9,13H2,1H3/t18-/m0/s1. The molecule has 1 atom stereocenters. The zero-order valence-corrected chi connectivity index (χ0v) is 16.9. The van der Waals surface area contributed by atoms with Gasteiger partial charge in [-0.1, -0.05) is 12.1 Å². The van der Waals surface area contributed by atoms with Crippen molar-refractivity contribution in [3.8, 4) is 17.2 Å². The van der Waals surface area contributed by atoms with Crippen molar-refractivity contribution in [2.24, 2.45) is 0 Å². The van der Waals surface area contributed by atoms with Crippen LogP contribution in [0.1, 0.15) is 16.7 Å². The van der Waals surface area contributed by atoms with Crippen LogP contribution >= 0.6 is 11.9 Å². The smallest absolute Gasteiger partial charge is 0.141 e. The molecule has 150 valence electrons. The minimum Gasteiger partial charge on any atom is -0.375 e. The van der Waals surface area contributed by atoms with Gasteiger partial charge in [0.05, 0.1) is 18.3 Å². The second kappa shape index (κ2) is 8.64. The van der Waals surface area contributed by atoms with Gasteiger partial charge in [0, 0.05) is 36.5 Å². The lowest BCUT2D eigenvalue weighted by Gasteiger charge is -2.25. The molecule has 0 aromatic heterocycles. The highest BCUT2D eigenvalue weighted by atomic mass is 32.2. The van der Waals surface area contributed by atoms with Crippen LogP contribution in [0.3, 0.4) is 0 Å². The normalized spacial score (nSPS) is 19.8. The fourth-order valence-electron chi connectivity index (χ4n) is 3.71. The lowest BCUT2D eigenvalue weighted by Crippen LogP contribution is -2.39. The molecule has 4 nitrogen and oxygen atoms in total. The highest BCUT2D eigenvalue weighted by Gasteiger charge is 2.24. The van der Waals surface area contributed by atoms with Crippen LogP contribution in [0.25, 0.3) is 16.0 Å². The fourth-order valence-corrected chi connectivity index (χ4v) is 4.68. The molecule has 0 aliphatic carbocycles. The van der Waals surface area contributed by atoms with Crippen molar-refractivity contribution in [3.63, 3.8) is 0 Å². The molecule has 0 bridgehead atoms. The number of morpholine rings is 1. The minimum absolute atomic E-state index is 0.0252. The molecule has 2 aliphatic rings. The third-order valence-corrected chi connectivity index (χ3v) is 6.10. The first-order valence-corrected chi connectivity index (χ1v) is 10.3. The second-order valence-corrected chi connectivity index (χ2v) is 8.41. The fraction of sp³-hybridized carbons (Fsp3) is 0.318. The summed E-state index contributed by atoms with van der Waals surface area (Å²) >= 11 is 1.59. The number of nitrogens with one attached hydrogen (secondary N) is 1. The van der Waals surface area contributed by atoms with E-state index in [2.05, 4.69) is 15.7 Å². The molecule has 1 fully saturated rings. The van der Waals surface area contributed by atoms with Crippen LogP contribution in [0.2, 0.25) is 0 Å². The van der Waals surface area contributed by atoms with Crippen molar-refractivity contribution in [2.45, 2.75) is 12.5 Å². The zero-order chi connectivity index (χ0) is 20.4. The molecule has 2 aliphatic heterocycles. The molecule has 0 saturated carbocycles. The topological polar surface area (TPSA) is 48.3 Å². The Morgan fingerprint density at radius 1 is 1.31 bits per heavy atom. The third kappa shape index (κ3) is 4.36. The first-order valence-electron chi connectivity index (χ1n) is 9.49. The number of nitrogens with zero attached hydrogens (tertiary/aromatic N) is 2. The van der Waals surface area contributed by atoms with Crippen molar-refractivity contribution >= 4 is 16.9 Å². The Bertz CT molecular complexity index is 996. The summed E-state index contributed by atoms with van der Waals surface area (Å²) in [6, 6.07) is 9.25. The predicted octanol–water partition coefficient (Wildman–Crippen LogP) is 3.97. The van der Waals surface area contributed by atoms with Crippen molar-refractivity contribution in [1.82, 2.24) is 9.62 Å². The summed E-state index contributed by atoms with van der Waals surface area (Å²) in [6.07, 6.45) is 2.62. The van der Waals surface area contributed by atoms with Gasteiger partial charge >= 0.3 is 0 Å². The summed E-state index contributed by atoms with van der Waals surface area (Å²) in [6.45, 7) is 2.93. The van der Waals surface area contributed by atoms with E-state index in [0.717, 1.165) is 29.1 Å². The van der Waals surface area contributed by atoms with Gasteiger partial charge in [0.25, 0.3) is 0 Å². The number of hydrogen-bond donors (Lipinski definition) is 1. The van der Waals surface area contributed by atoms with E-state index in [1.807, 2.05) is 13.1 Å². The van der Waals surface area contributed by atoms with E-state index >= 15 is 0 Å². The molecule has 0 spiro atoms. The van der Waals surface area contributed by atoms with Gasteiger partial charge in [0.2, 0.25) is 0 Å². The van der Waals surface area contributed by atoms with Crippen LogP contribution in [0.15, 0.2) is 36.4 Å². The molecule has 1 N–H and O–H groups in total. The summed E-state index contributed by atoms with van der Waals surface area (Å²) in [4.78, 5) is 1.02. The molecule has 0 radical (unpaired) electrons. The predicted molar refractivity (Wildman–Crippen MR) is 111 cm³/mol. The van der Waals surface area contributed by atoms with E-state index in [-0.39, 0.29) is 17.5 Å². The van der Waals surface area contributed by atoms with Crippen molar-refractivity contribution in [1.29, 1.82) is 5.26 Å². The summed E-state index contributed by atoms with van der Waals surface area (Å²) in [7, 11) is 1.99. The first kappa shape index (κ1) is 20.0. The lowest BCUT2D eigenvalue weighted by atomic mass is 9.91. The Kier molecular flexibility index (Phi) is 5.97. The first-order chi connectivity index (χ1) is 14.0. The summed E-state index contributed by atoms with van der Waals surface area (Å²) in [5.74, 6) is -0.976. The summed E-state index contributed by atoms with van der Waals surface area (Å²) < 4.78 is 36.9. The van der Waals surface area contributed by atoms with Crippen molar-refractivity contribution in [3.05, 3.63) is 64.7 Å². The maximum atomic E-state index is 14.6. The second-order valence-electron chi connectivity index (χ2n) is 7.17. The van der Waals surface area contributed by atoms with E-state index in [0.29, 0.717) is 30.7 Å². The molecule has 0 amide bonds. The van der Waals surface area contributed by atoms with Crippen molar-refractivity contribution in [2.75, 3.05) is 33.3 Å². The van der Waals surface area contributed by atoms with Crippen molar-refractivity contribution < 1.29 is 13.5 Å². The maximum absolute atomic E-state index is 14.6. The van der Waals surface area contributed by atoms with Gasteiger partial charge in [-0.05, 0) is 60.0 Å². The molecule has 2 heterocycles. The highest BCUT2D eigenvalue weighted by molar-refractivity contribution is 8.06. The number of likely N-dealkylation sites (N-methyl/N-ethyl adjacent to an activating group) is 1. The van der Waals surface area contributed by atoms with E-state index in [1.165, 1.54) is 18.2 Å². The molecular weight excluding hydrogens is 392 g/mol. The number of ether oxygens (including phenoxy) is 1. The Morgan fingerprint density at radius 2 is 2.17 bits per heavy atom. The highest BCUT2D eigenvalue weighted by Crippen LogP contribution is 2.42. The molecule has 4 rings (SSSR count). The van der Waals surface area contributed by atoms with Gasteiger partial charge in [-0.15, -0.1) is 0 Å². The Hall–Kier alpha value is -2.24. The quantitative estimate of drug-likeness (QED) is 0.769. The average molecular weight is 413 g/mol. The van der Waals surface area contributed by atoms with Gasteiger partial charge in [-0.2, -0.15) is 5.26 Å². The average Bonchev–Trinajstić information content (AvgIpc) is 3.14.